The van der Waals surface area contributed by atoms with Crippen molar-refractivity contribution in [2.45, 2.75) is 37.8 Å². The van der Waals surface area contributed by atoms with E-state index in [4.69, 9.17) is 4.74 Å². The van der Waals surface area contributed by atoms with Crippen LogP contribution in [0.1, 0.15) is 47.6 Å². The summed E-state index contributed by atoms with van der Waals surface area (Å²) in [6.07, 6.45) is 5.09. The largest absolute Gasteiger partial charge is 0.490 e. The lowest BCUT2D eigenvalue weighted by molar-refractivity contribution is 0.0907. The molecule has 1 amide bonds. The van der Waals surface area contributed by atoms with Gasteiger partial charge in [-0.2, -0.15) is 0 Å². The SMILES string of the molecule is CN1CCN(CC(NC(=O)c2ccc(OC3CCCC3)cc2)c2ccccc2)CC1. The lowest BCUT2D eigenvalue weighted by Crippen LogP contribution is -2.47. The van der Waals surface area contributed by atoms with E-state index in [-0.39, 0.29) is 11.9 Å². The van der Waals surface area contributed by atoms with Crippen molar-refractivity contribution < 1.29 is 9.53 Å². The highest BCUT2D eigenvalue weighted by molar-refractivity contribution is 5.94. The summed E-state index contributed by atoms with van der Waals surface area (Å²) in [5.41, 5.74) is 1.82. The van der Waals surface area contributed by atoms with Crippen LogP contribution in [-0.2, 0) is 0 Å². The molecule has 1 N–H and O–H groups in total. The van der Waals surface area contributed by atoms with Crippen molar-refractivity contribution in [2.24, 2.45) is 0 Å². The molecule has 0 aromatic heterocycles. The summed E-state index contributed by atoms with van der Waals surface area (Å²) in [5, 5.41) is 3.27. The average molecular weight is 408 g/mol. The van der Waals surface area contributed by atoms with Gasteiger partial charge in [-0.15, -0.1) is 0 Å². The highest BCUT2D eigenvalue weighted by Gasteiger charge is 2.22. The van der Waals surface area contributed by atoms with Crippen LogP contribution >= 0.6 is 0 Å². The van der Waals surface area contributed by atoms with Crippen LogP contribution in [0.4, 0.5) is 0 Å². The molecular formula is C25H33N3O2. The fourth-order valence-corrected chi connectivity index (χ4v) is 4.33. The summed E-state index contributed by atoms with van der Waals surface area (Å²) in [6.45, 7) is 5.02. The Morgan fingerprint density at radius 1 is 1.00 bits per heavy atom. The zero-order valence-corrected chi connectivity index (χ0v) is 17.9. The van der Waals surface area contributed by atoms with Gasteiger partial charge in [-0.25, -0.2) is 0 Å². The van der Waals surface area contributed by atoms with Crippen LogP contribution in [0.3, 0.4) is 0 Å². The second-order valence-electron chi connectivity index (χ2n) is 8.59. The van der Waals surface area contributed by atoms with Crippen LogP contribution < -0.4 is 10.1 Å². The second-order valence-corrected chi connectivity index (χ2v) is 8.59. The molecule has 5 heteroatoms. The highest BCUT2D eigenvalue weighted by atomic mass is 16.5. The zero-order chi connectivity index (χ0) is 20.8. The van der Waals surface area contributed by atoms with E-state index >= 15 is 0 Å². The molecule has 5 nitrogen and oxygen atoms in total. The van der Waals surface area contributed by atoms with Crippen molar-refractivity contribution >= 4 is 5.91 Å². The van der Waals surface area contributed by atoms with E-state index < -0.39 is 0 Å². The van der Waals surface area contributed by atoms with Gasteiger partial charge in [-0.3, -0.25) is 9.69 Å². The van der Waals surface area contributed by atoms with Crippen LogP contribution in [0, 0.1) is 0 Å². The van der Waals surface area contributed by atoms with E-state index in [1.165, 1.54) is 12.8 Å². The Labute approximate surface area is 180 Å². The fourth-order valence-electron chi connectivity index (χ4n) is 4.33. The number of carbonyl (C=O) groups is 1. The third-order valence-electron chi connectivity index (χ3n) is 6.27. The zero-order valence-electron chi connectivity index (χ0n) is 17.9. The van der Waals surface area contributed by atoms with Crippen molar-refractivity contribution in [3.8, 4) is 5.75 Å². The number of carbonyl (C=O) groups excluding carboxylic acids is 1. The van der Waals surface area contributed by atoms with Gasteiger partial charge in [-0.05, 0) is 62.6 Å². The monoisotopic (exact) mass is 407 g/mol. The summed E-state index contributed by atoms with van der Waals surface area (Å²) in [5.74, 6) is 0.820. The van der Waals surface area contributed by atoms with Gasteiger partial charge >= 0.3 is 0 Å². The van der Waals surface area contributed by atoms with Crippen molar-refractivity contribution in [1.29, 1.82) is 0 Å². The van der Waals surface area contributed by atoms with E-state index in [0.29, 0.717) is 11.7 Å². The van der Waals surface area contributed by atoms with Crippen LogP contribution in [0.5, 0.6) is 5.75 Å². The van der Waals surface area contributed by atoms with Crippen LogP contribution in [0.15, 0.2) is 54.6 Å². The van der Waals surface area contributed by atoms with Gasteiger partial charge in [0.15, 0.2) is 0 Å². The van der Waals surface area contributed by atoms with Crippen LogP contribution in [-0.4, -0.2) is 61.6 Å². The first-order valence-corrected chi connectivity index (χ1v) is 11.2. The number of amides is 1. The third kappa shape index (κ3) is 5.61. The number of hydrogen-bond acceptors (Lipinski definition) is 4. The Kier molecular flexibility index (Phi) is 7.03. The van der Waals surface area contributed by atoms with E-state index in [2.05, 4.69) is 34.3 Å². The molecule has 1 atom stereocenters. The number of piperazine rings is 1. The molecule has 1 heterocycles. The number of benzene rings is 2. The summed E-state index contributed by atoms with van der Waals surface area (Å²) in [4.78, 5) is 17.8. The third-order valence-corrected chi connectivity index (χ3v) is 6.27. The predicted octanol–water partition coefficient (Wildman–Crippen LogP) is 3.73. The van der Waals surface area contributed by atoms with Gasteiger partial charge in [0.1, 0.15) is 5.75 Å². The molecule has 2 fully saturated rings. The lowest BCUT2D eigenvalue weighted by atomic mass is 10.0. The fraction of sp³-hybridized carbons (Fsp3) is 0.480. The van der Waals surface area contributed by atoms with E-state index in [1.807, 2.05) is 42.5 Å². The average Bonchev–Trinajstić information content (AvgIpc) is 3.29. The van der Waals surface area contributed by atoms with E-state index in [9.17, 15) is 4.79 Å². The number of hydrogen-bond donors (Lipinski definition) is 1. The molecule has 2 aromatic rings. The van der Waals surface area contributed by atoms with Gasteiger partial charge in [0.05, 0.1) is 12.1 Å². The summed E-state index contributed by atoms with van der Waals surface area (Å²) < 4.78 is 6.03. The Bertz CT molecular complexity index is 795. The Balaban J connectivity index is 1.40. The minimum Gasteiger partial charge on any atom is -0.490 e. The van der Waals surface area contributed by atoms with Crippen LogP contribution in [0.25, 0.3) is 0 Å². The molecule has 1 saturated carbocycles. The van der Waals surface area contributed by atoms with Gasteiger partial charge in [0.2, 0.25) is 0 Å². The number of nitrogens with zero attached hydrogens (tertiary/aromatic N) is 2. The quantitative estimate of drug-likeness (QED) is 0.760. The first-order valence-electron chi connectivity index (χ1n) is 11.2. The molecule has 1 saturated heterocycles. The summed E-state index contributed by atoms with van der Waals surface area (Å²) in [6, 6.07) is 17.8. The predicted molar refractivity (Wildman–Crippen MR) is 120 cm³/mol. The molecule has 0 radical (unpaired) electrons. The standard InChI is InChI=1S/C25H33N3O2/c1-27-15-17-28(18-16-27)19-24(20-7-3-2-4-8-20)26-25(29)21-11-13-23(14-12-21)30-22-9-5-6-10-22/h2-4,7-8,11-14,22,24H,5-6,9-10,15-19H2,1H3,(H,26,29). The molecular weight excluding hydrogens is 374 g/mol. The van der Waals surface area contributed by atoms with Gasteiger partial charge in [0.25, 0.3) is 5.91 Å². The Morgan fingerprint density at radius 2 is 1.67 bits per heavy atom. The molecule has 0 spiro atoms. The second kappa shape index (κ2) is 10.1. The molecule has 4 rings (SSSR count). The Morgan fingerprint density at radius 3 is 2.33 bits per heavy atom. The van der Waals surface area contributed by atoms with Gasteiger partial charge < -0.3 is 15.0 Å². The molecule has 160 valence electrons. The molecule has 30 heavy (non-hydrogen) atoms. The van der Waals surface area contributed by atoms with Crippen LogP contribution in [0.2, 0.25) is 0 Å². The van der Waals surface area contributed by atoms with Crippen molar-refractivity contribution in [3.63, 3.8) is 0 Å². The molecule has 1 aliphatic carbocycles. The highest BCUT2D eigenvalue weighted by Crippen LogP contribution is 2.24. The minimum absolute atomic E-state index is 0.0310. The van der Waals surface area contributed by atoms with Crippen molar-refractivity contribution in [1.82, 2.24) is 15.1 Å². The molecule has 2 aromatic carbocycles. The Hall–Kier alpha value is -2.37. The van der Waals surface area contributed by atoms with E-state index in [1.54, 1.807) is 0 Å². The molecule has 1 aliphatic heterocycles. The molecule has 2 aliphatic rings. The maximum Gasteiger partial charge on any atom is 0.251 e. The lowest BCUT2D eigenvalue weighted by Gasteiger charge is -2.35. The number of rotatable bonds is 7. The van der Waals surface area contributed by atoms with Gasteiger partial charge in [-0.1, -0.05) is 30.3 Å². The number of nitrogens with one attached hydrogen (secondary N) is 1. The van der Waals surface area contributed by atoms with Crippen molar-refractivity contribution in [2.75, 3.05) is 39.8 Å². The normalized spacial score (nSPS) is 19.5. The molecule has 1 unspecified atom stereocenters. The van der Waals surface area contributed by atoms with Gasteiger partial charge in [0, 0.05) is 38.3 Å². The topological polar surface area (TPSA) is 44.8 Å². The first-order chi connectivity index (χ1) is 14.7. The maximum absolute atomic E-state index is 13.0. The number of ether oxygens (including phenoxy) is 1. The number of likely N-dealkylation sites (N-methyl/N-ethyl adjacent to an activating group) is 1. The first kappa shape index (κ1) is 20.9. The minimum atomic E-state index is -0.0367. The smallest absolute Gasteiger partial charge is 0.251 e. The summed E-state index contributed by atoms with van der Waals surface area (Å²) in [7, 11) is 2.16. The molecule has 0 bridgehead atoms. The van der Waals surface area contributed by atoms with Crippen molar-refractivity contribution in [3.05, 3.63) is 65.7 Å². The maximum atomic E-state index is 13.0. The van der Waals surface area contributed by atoms with E-state index in [0.717, 1.165) is 56.9 Å². The summed E-state index contributed by atoms with van der Waals surface area (Å²) >= 11 is 0.